The van der Waals surface area contributed by atoms with Crippen molar-refractivity contribution in [2.75, 3.05) is 20.6 Å². The van der Waals surface area contributed by atoms with Crippen LogP contribution in [0.25, 0.3) is 0 Å². The Hall–Kier alpha value is -0.610. The third-order valence-electron chi connectivity index (χ3n) is 4.01. The molecule has 17 heavy (non-hydrogen) atoms. The van der Waals surface area contributed by atoms with E-state index in [0.29, 0.717) is 0 Å². The monoisotopic (exact) mass is 241 g/mol. The molecule has 0 unspecified atom stereocenters. The average molecular weight is 241 g/mol. The molecule has 1 aliphatic rings. The van der Waals surface area contributed by atoms with Gasteiger partial charge in [-0.2, -0.15) is 0 Å². The van der Waals surface area contributed by atoms with Crippen molar-refractivity contribution in [2.24, 2.45) is 5.73 Å². The second kappa shape index (κ2) is 6.36. The highest BCUT2D eigenvalue weighted by molar-refractivity contribution is 5.81. The van der Waals surface area contributed by atoms with Crippen LogP contribution in [0.4, 0.5) is 0 Å². The maximum absolute atomic E-state index is 11.8. The van der Waals surface area contributed by atoms with Crippen molar-refractivity contribution in [1.29, 1.82) is 0 Å². The zero-order chi connectivity index (χ0) is 12.9. The zero-order valence-corrected chi connectivity index (χ0v) is 11.5. The van der Waals surface area contributed by atoms with Gasteiger partial charge in [-0.05, 0) is 33.4 Å². The first-order valence-electron chi connectivity index (χ1n) is 6.72. The number of hydrogen-bond donors (Lipinski definition) is 2. The Bertz CT molecular complexity index is 247. The molecule has 4 heteroatoms. The van der Waals surface area contributed by atoms with E-state index in [1.165, 1.54) is 25.7 Å². The summed E-state index contributed by atoms with van der Waals surface area (Å²) in [7, 11) is 4.20. The van der Waals surface area contributed by atoms with Crippen LogP contribution in [-0.4, -0.2) is 43.0 Å². The number of nitrogens with two attached hydrogens (primary N) is 1. The van der Waals surface area contributed by atoms with Gasteiger partial charge in [-0.1, -0.05) is 26.2 Å². The summed E-state index contributed by atoms with van der Waals surface area (Å²) >= 11 is 0. The van der Waals surface area contributed by atoms with Crippen LogP contribution in [0, 0.1) is 0 Å². The van der Waals surface area contributed by atoms with E-state index in [1.54, 1.807) is 0 Å². The number of amides is 1. The molecule has 0 aromatic rings. The zero-order valence-electron chi connectivity index (χ0n) is 11.5. The highest BCUT2D eigenvalue weighted by Gasteiger charge is 2.36. The molecule has 1 rings (SSSR count). The molecule has 1 saturated carbocycles. The lowest BCUT2D eigenvalue weighted by Crippen LogP contribution is -2.53. The second-order valence-electron chi connectivity index (χ2n) is 5.44. The molecule has 0 aromatic heterocycles. The smallest absolute Gasteiger partial charge is 0.236 e. The van der Waals surface area contributed by atoms with Gasteiger partial charge in [-0.25, -0.2) is 0 Å². The summed E-state index contributed by atoms with van der Waals surface area (Å²) in [4.78, 5) is 14.1. The summed E-state index contributed by atoms with van der Waals surface area (Å²) in [6.45, 7) is 2.78. The van der Waals surface area contributed by atoms with Gasteiger partial charge in [-0.3, -0.25) is 4.79 Å². The van der Waals surface area contributed by atoms with E-state index in [4.69, 9.17) is 5.73 Å². The lowest BCUT2D eigenvalue weighted by Gasteiger charge is -2.36. The molecule has 1 atom stereocenters. The van der Waals surface area contributed by atoms with Crippen molar-refractivity contribution in [3.63, 3.8) is 0 Å². The molecule has 0 aromatic carbocycles. The minimum Gasteiger partial charge on any atom is -0.353 e. The molecular weight excluding hydrogens is 214 g/mol. The largest absolute Gasteiger partial charge is 0.353 e. The van der Waals surface area contributed by atoms with Crippen molar-refractivity contribution in [3.05, 3.63) is 0 Å². The highest BCUT2D eigenvalue weighted by Crippen LogP contribution is 2.33. The first kappa shape index (κ1) is 14.5. The molecule has 0 spiro atoms. The van der Waals surface area contributed by atoms with Crippen LogP contribution >= 0.6 is 0 Å². The van der Waals surface area contributed by atoms with E-state index >= 15 is 0 Å². The molecule has 1 fully saturated rings. The molecule has 4 nitrogen and oxygen atoms in total. The van der Waals surface area contributed by atoms with Gasteiger partial charge in [0.25, 0.3) is 0 Å². The molecule has 1 amide bonds. The molecule has 0 radical (unpaired) electrons. The number of carbonyl (C=O) groups is 1. The second-order valence-corrected chi connectivity index (χ2v) is 5.44. The van der Waals surface area contributed by atoms with Crippen molar-refractivity contribution < 1.29 is 4.79 Å². The minimum atomic E-state index is -0.347. The van der Waals surface area contributed by atoms with Gasteiger partial charge in [0, 0.05) is 12.1 Å². The van der Waals surface area contributed by atoms with Gasteiger partial charge in [-0.15, -0.1) is 0 Å². The van der Waals surface area contributed by atoms with Crippen LogP contribution in [0.5, 0.6) is 0 Å². The Morgan fingerprint density at radius 3 is 2.47 bits per heavy atom. The molecule has 0 saturated heterocycles. The van der Waals surface area contributed by atoms with Crippen molar-refractivity contribution in [3.8, 4) is 0 Å². The van der Waals surface area contributed by atoms with E-state index in [0.717, 1.165) is 19.4 Å². The lowest BCUT2D eigenvalue weighted by atomic mass is 9.96. The summed E-state index contributed by atoms with van der Waals surface area (Å²) < 4.78 is 0. The third-order valence-corrected chi connectivity index (χ3v) is 4.01. The van der Waals surface area contributed by atoms with Crippen LogP contribution in [0.1, 0.15) is 45.4 Å². The quantitative estimate of drug-likeness (QED) is 0.732. The standard InChI is InChI=1S/C13H27N3O/c1-4-7-11(14)12(17)15-10-13(16(2)3)8-5-6-9-13/h11H,4-10,14H2,1-3H3,(H,15,17)/t11-/m0/s1. The molecule has 0 heterocycles. The summed E-state index contributed by atoms with van der Waals surface area (Å²) in [5.74, 6) is -0.0000231. The Labute approximate surface area is 105 Å². The SMILES string of the molecule is CCC[C@H](N)C(=O)NCC1(N(C)C)CCCC1. The minimum absolute atomic E-state index is 0.0000231. The van der Waals surface area contributed by atoms with Crippen LogP contribution in [-0.2, 0) is 4.79 Å². The van der Waals surface area contributed by atoms with E-state index in [1.807, 2.05) is 6.92 Å². The summed E-state index contributed by atoms with van der Waals surface area (Å²) in [5.41, 5.74) is 5.96. The highest BCUT2D eigenvalue weighted by atomic mass is 16.2. The van der Waals surface area contributed by atoms with Gasteiger partial charge < -0.3 is 16.0 Å². The fourth-order valence-corrected chi connectivity index (χ4v) is 2.64. The lowest BCUT2D eigenvalue weighted by molar-refractivity contribution is -0.123. The topological polar surface area (TPSA) is 58.4 Å². The van der Waals surface area contributed by atoms with Gasteiger partial charge in [0.15, 0.2) is 0 Å². The molecule has 3 N–H and O–H groups in total. The summed E-state index contributed by atoms with van der Waals surface area (Å²) in [5, 5.41) is 3.03. The Morgan fingerprint density at radius 2 is 2.00 bits per heavy atom. The van der Waals surface area contributed by atoms with Crippen LogP contribution in [0.3, 0.4) is 0 Å². The number of nitrogens with one attached hydrogen (secondary N) is 1. The first-order valence-corrected chi connectivity index (χ1v) is 6.72. The Morgan fingerprint density at radius 1 is 1.41 bits per heavy atom. The molecule has 0 aliphatic heterocycles. The van der Waals surface area contributed by atoms with Crippen molar-refractivity contribution in [1.82, 2.24) is 10.2 Å². The summed E-state index contributed by atoms with van der Waals surface area (Å²) in [6, 6.07) is -0.347. The first-order chi connectivity index (χ1) is 8.02. The molecule has 1 aliphatic carbocycles. The van der Waals surface area contributed by atoms with Gasteiger partial charge >= 0.3 is 0 Å². The number of nitrogens with zero attached hydrogens (tertiary/aromatic N) is 1. The maximum atomic E-state index is 11.8. The number of hydrogen-bond acceptors (Lipinski definition) is 3. The number of carbonyl (C=O) groups excluding carboxylic acids is 1. The third kappa shape index (κ3) is 3.68. The van der Waals surface area contributed by atoms with Gasteiger partial charge in [0.2, 0.25) is 5.91 Å². The maximum Gasteiger partial charge on any atom is 0.236 e. The van der Waals surface area contributed by atoms with Crippen LogP contribution < -0.4 is 11.1 Å². The van der Waals surface area contributed by atoms with E-state index in [2.05, 4.69) is 24.3 Å². The number of likely N-dealkylation sites (N-methyl/N-ethyl adjacent to an activating group) is 1. The van der Waals surface area contributed by atoms with E-state index < -0.39 is 0 Å². The molecular formula is C13H27N3O. The average Bonchev–Trinajstić information content (AvgIpc) is 2.76. The van der Waals surface area contributed by atoms with Crippen LogP contribution in [0.2, 0.25) is 0 Å². The Balaban J connectivity index is 2.45. The number of rotatable bonds is 6. The molecule has 0 bridgehead atoms. The van der Waals surface area contributed by atoms with Crippen LogP contribution in [0.15, 0.2) is 0 Å². The normalized spacial score (nSPS) is 20.5. The predicted molar refractivity (Wildman–Crippen MR) is 70.8 cm³/mol. The van der Waals surface area contributed by atoms with Crippen molar-refractivity contribution in [2.45, 2.75) is 57.0 Å². The van der Waals surface area contributed by atoms with Gasteiger partial charge in [0.05, 0.1) is 6.04 Å². The van der Waals surface area contributed by atoms with Gasteiger partial charge in [0.1, 0.15) is 0 Å². The fourth-order valence-electron chi connectivity index (χ4n) is 2.64. The van der Waals surface area contributed by atoms with E-state index in [-0.39, 0.29) is 17.5 Å². The Kier molecular flexibility index (Phi) is 5.40. The van der Waals surface area contributed by atoms with E-state index in [9.17, 15) is 4.79 Å². The van der Waals surface area contributed by atoms with Crippen molar-refractivity contribution >= 4 is 5.91 Å². The molecule has 100 valence electrons. The predicted octanol–water partition coefficient (Wildman–Crippen LogP) is 1.10. The summed E-state index contributed by atoms with van der Waals surface area (Å²) in [6.07, 6.45) is 6.57. The fraction of sp³-hybridized carbons (Fsp3) is 0.923.